The van der Waals surface area contributed by atoms with Crippen molar-refractivity contribution >= 4 is 44.4 Å². The van der Waals surface area contributed by atoms with Gasteiger partial charge in [-0.05, 0) is 67.3 Å². The number of ether oxygens (including phenoxy) is 1. The molecule has 6 nitrogen and oxygen atoms in total. The number of hydrogen-bond donors (Lipinski definition) is 0. The number of carbonyl (C=O) groups is 2. The van der Waals surface area contributed by atoms with Gasteiger partial charge in [0, 0.05) is 53.6 Å². The zero-order valence-electron chi connectivity index (χ0n) is 19.9. The number of hydrogen-bond acceptors (Lipinski definition) is 4. The Morgan fingerprint density at radius 2 is 1.69 bits per heavy atom. The van der Waals surface area contributed by atoms with Gasteiger partial charge in [-0.1, -0.05) is 12.1 Å². The predicted octanol–water partition coefficient (Wildman–Crippen LogP) is 5.64. The molecule has 5 aromatic rings. The largest absolute Gasteiger partial charge is 0.493 e. The van der Waals surface area contributed by atoms with E-state index in [0.29, 0.717) is 24.2 Å². The van der Waals surface area contributed by atoms with Crippen LogP contribution in [-0.4, -0.2) is 38.9 Å². The van der Waals surface area contributed by atoms with Gasteiger partial charge in [0.1, 0.15) is 5.75 Å². The first kappa shape index (κ1) is 21.4. The van der Waals surface area contributed by atoms with E-state index < -0.39 is 0 Å². The monoisotopic (exact) mass is 463 g/mol. The predicted molar refractivity (Wildman–Crippen MR) is 137 cm³/mol. The van der Waals surface area contributed by atoms with E-state index in [1.165, 1.54) is 26.8 Å². The number of fused-ring (bicyclic) bond motifs is 5. The van der Waals surface area contributed by atoms with Crippen LogP contribution in [0.4, 0.5) is 0 Å². The van der Waals surface area contributed by atoms with Crippen molar-refractivity contribution in [1.82, 2.24) is 14.5 Å². The van der Waals surface area contributed by atoms with Crippen molar-refractivity contribution in [2.24, 2.45) is 7.05 Å². The molecule has 2 amide bonds. The average Bonchev–Trinajstić information content (AvgIpc) is 3.29. The molecule has 0 aliphatic carbocycles. The van der Waals surface area contributed by atoms with Crippen LogP contribution < -0.4 is 4.74 Å². The molecule has 0 N–H and O–H groups in total. The average molecular weight is 464 g/mol. The van der Waals surface area contributed by atoms with E-state index in [-0.39, 0.29) is 17.9 Å². The normalized spacial score (nSPS) is 14.3. The summed E-state index contributed by atoms with van der Waals surface area (Å²) in [6.45, 7) is 4.44. The smallest absolute Gasteiger partial charge is 0.261 e. The van der Waals surface area contributed by atoms with E-state index in [1.54, 1.807) is 24.3 Å². The lowest BCUT2D eigenvalue weighted by Gasteiger charge is -2.22. The quantitative estimate of drug-likeness (QED) is 0.316. The SMILES string of the molecule is Cc1c2ccncc2cc2c3cc(OCC[C@@H](C)N4C(=O)c5ccccc5C4=O)ccc3n(C)c12. The first-order valence-electron chi connectivity index (χ1n) is 11.8. The Morgan fingerprint density at radius 3 is 2.43 bits per heavy atom. The fourth-order valence-corrected chi connectivity index (χ4v) is 5.37. The van der Waals surface area contributed by atoms with Crippen LogP contribution in [-0.2, 0) is 7.05 Å². The molecular weight excluding hydrogens is 438 g/mol. The molecule has 0 unspecified atom stereocenters. The number of rotatable bonds is 5. The van der Waals surface area contributed by atoms with Gasteiger partial charge < -0.3 is 9.30 Å². The zero-order chi connectivity index (χ0) is 24.3. The minimum Gasteiger partial charge on any atom is -0.493 e. The van der Waals surface area contributed by atoms with E-state index in [1.807, 2.05) is 25.4 Å². The lowest BCUT2D eigenvalue weighted by molar-refractivity contribution is 0.0579. The minimum absolute atomic E-state index is 0.229. The zero-order valence-corrected chi connectivity index (χ0v) is 19.9. The molecule has 0 radical (unpaired) electrons. The maximum Gasteiger partial charge on any atom is 0.261 e. The molecule has 1 aliphatic heterocycles. The van der Waals surface area contributed by atoms with Gasteiger partial charge >= 0.3 is 0 Å². The van der Waals surface area contributed by atoms with Gasteiger partial charge in [0.05, 0.1) is 23.3 Å². The highest BCUT2D eigenvalue weighted by atomic mass is 16.5. The summed E-state index contributed by atoms with van der Waals surface area (Å²) in [7, 11) is 2.09. The van der Waals surface area contributed by atoms with Crippen molar-refractivity contribution in [1.29, 1.82) is 0 Å². The Kier molecular flexibility index (Phi) is 4.85. The number of aromatic nitrogens is 2. The van der Waals surface area contributed by atoms with Crippen LogP contribution in [0.3, 0.4) is 0 Å². The molecule has 174 valence electrons. The third kappa shape index (κ3) is 3.21. The lowest BCUT2D eigenvalue weighted by atomic mass is 10.0. The first-order chi connectivity index (χ1) is 17.0. The number of pyridine rings is 1. The minimum atomic E-state index is -0.259. The molecule has 6 rings (SSSR count). The van der Waals surface area contributed by atoms with Crippen LogP contribution >= 0.6 is 0 Å². The number of amides is 2. The summed E-state index contributed by atoms with van der Waals surface area (Å²) in [6.07, 6.45) is 4.29. The second-order valence-corrected chi connectivity index (χ2v) is 9.24. The maximum atomic E-state index is 12.7. The van der Waals surface area contributed by atoms with Crippen molar-refractivity contribution in [3.05, 3.63) is 83.7 Å². The standard InChI is InChI=1S/C29H25N3O3/c1-17(32-28(33)22-6-4-5-7-23(22)29(32)34)11-13-35-20-8-9-26-24(15-20)25-14-19-16-30-12-10-21(19)18(2)27(25)31(26)3/h4-10,12,14-17H,11,13H2,1-3H3/t17-/m1/s1. The fourth-order valence-electron chi connectivity index (χ4n) is 5.37. The molecule has 2 aromatic heterocycles. The fraction of sp³-hybridized carbons (Fsp3) is 0.207. The lowest BCUT2D eigenvalue weighted by Crippen LogP contribution is -2.38. The second-order valence-electron chi connectivity index (χ2n) is 9.24. The Balaban J connectivity index is 1.25. The molecule has 0 saturated carbocycles. The van der Waals surface area contributed by atoms with Crippen molar-refractivity contribution in [2.75, 3.05) is 6.61 Å². The van der Waals surface area contributed by atoms with E-state index in [2.05, 4.69) is 47.8 Å². The third-order valence-electron chi connectivity index (χ3n) is 7.19. The van der Waals surface area contributed by atoms with Gasteiger partial charge in [-0.15, -0.1) is 0 Å². The number of imide groups is 1. The van der Waals surface area contributed by atoms with Crippen LogP contribution in [0, 0.1) is 6.92 Å². The van der Waals surface area contributed by atoms with Gasteiger partial charge in [0.15, 0.2) is 0 Å². The van der Waals surface area contributed by atoms with Crippen LogP contribution in [0.15, 0.2) is 67.0 Å². The van der Waals surface area contributed by atoms with Gasteiger partial charge in [0.2, 0.25) is 0 Å². The first-order valence-corrected chi connectivity index (χ1v) is 11.8. The van der Waals surface area contributed by atoms with Gasteiger partial charge in [-0.2, -0.15) is 0 Å². The van der Waals surface area contributed by atoms with Crippen molar-refractivity contribution in [2.45, 2.75) is 26.3 Å². The molecular formula is C29H25N3O3. The molecule has 0 bridgehead atoms. The van der Waals surface area contributed by atoms with E-state index in [4.69, 9.17) is 4.74 Å². The highest BCUT2D eigenvalue weighted by Gasteiger charge is 2.37. The number of aryl methyl sites for hydroxylation is 2. The second kappa shape index (κ2) is 7.94. The van der Waals surface area contributed by atoms with Crippen LogP contribution in [0.2, 0.25) is 0 Å². The molecule has 0 saturated heterocycles. The van der Waals surface area contributed by atoms with Crippen molar-refractivity contribution in [3.8, 4) is 5.75 Å². The summed E-state index contributed by atoms with van der Waals surface area (Å²) in [5, 5.41) is 4.62. The summed E-state index contributed by atoms with van der Waals surface area (Å²) in [5.41, 5.74) is 4.53. The third-order valence-corrected chi connectivity index (χ3v) is 7.19. The molecule has 3 heterocycles. The Bertz CT molecular complexity index is 1630. The van der Waals surface area contributed by atoms with E-state index in [9.17, 15) is 9.59 Å². The summed E-state index contributed by atoms with van der Waals surface area (Å²) in [4.78, 5) is 31.1. The molecule has 3 aromatic carbocycles. The molecule has 35 heavy (non-hydrogen) atoms. The molecule has 6 heteroatoms. The van der Waals surface area contributed by atoms with Gasteiger partial charge in [0.25, 0.3) is 11.8 Å². The highest BCUT2D eigenvalue weighted by Crippen LogP contribution is 2.36. The Morgan fingerprint density at radius 1 is 0.943 bits per heavy atom. The molecule has 0 spiro atoms. The van der Waals surface area contributed by atoms with Gasteiger partial charge in [-0.3, -0.25) is 19.5 Å². The van der Waals surface area contributed by atoms with E-state index in [0.717, 1.165) is 22.0 Å². The summed E-state index contributed by atoms with van der Waals surface area (Å²) >= 11 is 0. The summed E-state index contributed by atoms with van der Waals surface area (Å²) < 4.78 is 8.33. The highest BCUT2D eigenvalue weighted by molar-refractivity contribution is 6.21. The maximum absolute atomic E-state index is 12.7. The number of nitrogens with zero attached hydrogens (tertiary/aromatic N) is 3. The van der Waals surface area contributed by atoms with Crippen LogP contribution in [0.1, 0.15) is 39.6 Å². The summed E-state index contributed by atoms with van der Waals surface area (Å²) in [6, 6.07) is 17.1. The number of benzene rings is 3. The van der Waals surface area contributed by atoms with Crippen molar-refractivity contribution in [3.63, 3.8) is 0 Å². The van der Waals surface area contributed by atoms with Crippen LogP contribution in [0.25, 0.3) is 32.6 Å². The van der Waals surface area contributed by atoms with Crippen molar-refractivity contribution < 1.29 is 14.3 Å². The Labute approximate surface area is 202 Å². The topological polar surface area (TPSA) is 64.4 Å². The molecule has 1 aliphatic rings. The molecule has 0 fully saturated rings. The van der Waals surface area contributed by atoms with Gasteiger partial charge in [-0.25, -0.2) is 0 Å². The molecule has 1 atom stereocenters. The van der Waals surface area contributed by atoms with E-state index >= 15 is 0 Å². The number of carbonyl (C=O) groups excluding carboxylic acids is 2. The Hall–Kier alpha value is -4.19. The van der Waals surface area contributed by atoms with Crippen LogP contribution in [0.5, 0.6) is 5.75 Å². The summed E-state index contributed by atoms with van der Waals surface area (Å²) in [5.74, 6) is 0.309.